The third kappa shape index (κ3) is 4.21. The zero-order valence-electron chi connectivity index (χ0n) is 28.8. The maximum Gasteiger partial charge on any atom is 0.165 e. The van der Waals surface area contributed by atoms with Crippen molar-refractivity contribution in [2.75, 3.05) is 0 Å². The van der Waals surface area contributed by atoms with Crippen LogP contribution in [0.2, 0.25) is 0 Å². The molecule has 0 fully saturated rings. The van der Waals surface area contributed by atoms with Crippen LogP contribution in [0.15, 0.2) is 158 Å². The van der Waals surface area contributed by atoms with Crippen LogP contribution >= 0.6 is 11.3 Å². The van der Waals surface area contributed by atoms with E-state index >= 15 is 0 Å². The van der Waals surface area contributed by atoms with Crippen molar-refractivity contribution in [2.45, 2.75) is 6.92 Å². The maximum absolute atomic E-state index is 5.51. The summed E-state index contributed by atoms with van der Waals surface area (Å²) >= 11 is 1.87. The van der Waals surface area contributed by atoms with Crippen molar-refractivity contribution < 1.29 is 0 Å². The molecule has 0 saturated carbocycles. The first kappa shape index (κ1) is 29.0. The van der Waals surface area contributed by atoms with Crippen LogP contribution in [0.1, 0.15) is 5.56 Å². The quantitative estimate of drug-likeness (QED) is 0.169. The molecule has 0 spiro atoms. The molecule has 0 aliphatic rings. The molecule has 0 radical (unpaired) electrons. The second kappa shape index (κ2) is 10.7. The van der Waals surface area contributed by atoms with Gasteiger partial charge in [0.15, 0.2) is 5.82 Å². The van der Waals surface area contributed by atoms with E-state index < -0.39 is 0 Å². The molecule has 12 rings (SSSR count). The van der Waals surface area contributed by atoms with E-state index in [-0.39, 0.29) is 0 Å². The third-order valence-corrected chi connectivity index (χ3v) is 12.3. The molecule has 0 aliphatic heterocycles. The Morgan fingerprint density at radius 2 is 1.11 bits per heavy atom. The molecule has 0 saturated heterocycles. The minimum absolute atomic E-state index is 0.836. The van der Waals surface area contributed by atoms with Crippen LogP contribution in [-0.4, -0.2) is 14.5 Å². The molecule has 9 aromatic carbocycles. The minimum Gasteiger partial charge on any atom is -0.292 e. The number of aryl methyl sites for hydroxylation is 1. The van der Waals surface area contributed by atoms with Gasteiger partial charge in [0.1, 0.15) is 5.69 Å². The molecule has 4 heteroatoms. The monoisotopic (exact) mass is 691 g/mol. The standard InChI is InChI=1S/C49H29N3S/c1-28-14-20-41-42(22-28)50-48(34-17-19-36-33(23-34)16-15-29-8-4-6-12-35(29)36)49(51-41)52-43-21-18-30-9-5-7-13-37(30)47(43)40-26-39-38-24-31-10-2-3-11-32(31)25-45(38)53-46(39)27-44(40)52/h2-27H,1H3. The average molecular weight is 692 g/mol. The molecule has 3 aromatic heterocycles. The van der Waals surface area contributed by atoms with Gasteiger partial charge >= 0.3 is 0 Å². The van der Waals surface area contributed by atoms with Crippen LogP contribution in [0.4, 0.5) is 0 Å². The summed E-state index contributed by atoms with van der Waals surface area (Å²) in [5.41, 5.74) is 7.11. The minimum atomic E-state index is 0.836. The van der Waals surface area contributed by atoms with Crippen LogP contribution in [-0.2, 0) is 0 Å². The maximum atomic E-state index is 5.51. The Balaban J connectivity index is 1.22. The van der Waals surface area contributed by atoms with Crippen LogP contribution in [0.3, 0.4) is 0 Å². The number of benzene rings is 9. The first-order chi connectivity index (χ1) is 26.1. The van der Waals surface area contributed by atoms with E-state index in [0.717, 1.165) is 39.1 Å². The van der Waals surface area contributed by atoms with Crippen LogP contribution < -0.4 is 0 Å². The van der Waals surface area contributed by atoms with E-state index in [9.17, 15) is 0 Å². The summed E-state index contributed by atoms with van der Waals surface area (Å²) in [6, 6.07) is 57.7. The molecule has 0 aliphatic carbocycles. The second-order valence-electron chi connectivity index (χ2n) is 14.3. The zero-order chi connectivity index (χ0) is 34.8. The lowest BCUT2D eigenvalue weighted by Gasteiger charge is -2.15. The Bertz CT molecular complexity index is 3530. The Hall–Kier alpha value is -6.62. The lowest BCUT2D eigenvalue weighted by molar-refractivity contribution is 1.08. The summed E-state index contributed by atoms with van der Waals surface area (Å²) in [6.07, 6.45) is 0. The van der Waals surface area contributed by atoms with Gasteiger partial charge in [0.05, 0.1) is 22.1 Å². The third-order valence-electron chi connectivity index (χ3n) is 11.1. The summed E-state index contributed by atoms with van der Waals surface area (Å²) < 4.78 is 4.95. The summed E-state index contributed by atoms with van der Waals surface area (Å²) in [6.45, 7) is 2.12. The molecule has 0 unspecified atom stereocenters. The first-order valence-electron chi connectivity index (χ1n) is 18.1. The van der Waals surface area contributed by atoms with Gasteiger partial charge in [-0.2, -0.15) is 0 Å². The van der Waals surface area contributed by atoms with Crippen molar-refractivity contribution in [2.24, 2.45) is 0 Å². The second-order valence-corrected chi connectivity index (χ2v) is 15.4. The molecule has 53 heavy (non-hydrogen) atoms. The number of thiophene rings is 1. The van der Waals surface area contributed by atoms with Gasteiger partial charge in [-0.3, -0.25) is 4.57 Å². The molecule has 12 aromatic rings. The van der Waals surface area contributed by atoms with Crippen LogP contribution in [0.5, 0.6) is 0 Å². The lowest BCUT2D eigenvalue weighted by Crippen LogP contribution is -2.04. The number of nitrogens with zero attached hydrogens (tertiary/aromatic N) is 3. The summed E-state index contributed by atoms with van der Waals surface area (Å²) in [7, 11) is 0. The van der Waals surface area contributed by atoms with E-state index in [1.54, 1.807) is 0 Å². The highest BCUT2D eigenvalue weighted by Gasteiger charge is 2.22. The number of fused-ring (bicyclic) bond motifs is 13. The van der Waals surface area contributed by atoms with Gasteiger partial charge in [-0.05, 0) is 104 Å². The van der Waals surface area contributed by atoms with Crippen molar-refractivity contribution in [3.8, 4) is 17.1 Å². The Morgan fingerprint density at radius 3 is 1.98 bits per heavy atom. The zero-order valence-corrected chi connectivity index (χ0v) is 29.6. The van der Waals surface area contributed by atoms with E-state index in [1.165, 1.54) is 79.6 Å². The topological polar surface area (TPSA) is 30.7 Å². The highest BCUT2D eigenvalue weighted by Crippen LogP contribution is 2.44. The highest BCUT2D eigenvalue weighted by molar-refractivity contribution is 7.26. The van der Waals surface area contributed by atoms with Crippen molar-refractivity contribution >= 4 is 107 Å². The normalized spacial score (nSPS) is 12.2. The molecular weight excluding hydrogens is 663 g/mol. The molecular formula is C49H29N3S. The lowest BCUT2D eigenvalue weighted by atomic mass is 9.99. The summed E-state index contributed by atoms with van der Waals surface area (Å²) in [4.78, 5) is 11.0. The Kier molecular flexibility index (Phi) is 5.86. The number of aromatic nitrogens is 3. The molecule has 3 nitrogen and oxygen atoms in total. The van der Waals surface area contributed by atoms with Gasteiger partial charge in [-0.1, -0.05) is 109 Å². The van der Waals surface area contributed by atoms with Gasteiger partial charge in [0.2, 0.25) is 0 Å². The molecule has 3 heterocycles. The van der Waals surface area contributed by atoms with E-state index in [2.05, 4.69) is 169 Å². The van der Waals surface area contributed by atoms with Gasteiger partial charge in [-0.15, -0.1) is 11.3 Å². The molecule has 0 N–H and O–H groups in total. The first-order valence-corrected chi connectivity index (χ1v) is 18.9. The van der Waals surface area contributed by atoms with Crippen molar-refractivity contribution in [1.82, 2.24) is 14.5 Å². The summed E-state index contributed by atoms with van der Waals surface area (Å²) in [5, 5.41) is 15.0. The number of hydrogen-bond donors (Lipinski definition) is 0. The number of rotatable bonds is 2. The van der Waals surface area contributed by atoms with Crippen LogP contribution in [0, 0.1) is 6.92 Å². The van der Waals surface area contributed by atoms with Gasteiger partial charge in [0.25, 0.3) is 0 Å². The van der Waals surface area contributed by atoms with Crippen LogP contribution in [0.25, 0.3) is 113 Å². The molecule has 0 atom stereocenters. The largest absolute Gasteiger partial charge is 0.292 e. The predicted octanol–water partition coefficient (Wildman–Crippen LogP) is 13.7. The smallest absolute Gasteiger partial charge is 0.165 e. The highest BCUT2D eigenvalue weighted by atomic mass is 32.1. The van der Waals surface area contributed by atoms with Crippen molar-refractivity contribution in [3.63, 3.8) is 0 Å². The fourth-order valence-electron chi connectivity index (χ4n) is 8.63. The Labute approximate surface area is 308 Å². The number of hydrogen-bond acceptors (Lipinski definition) is 3. The fourth-order valence-corrected chi connectivity index (χ4v) is 9.79. The molecule has 246 valence electrons. The Morgan fingerprint density at radius 1 is 0.434 bits per heavy atom. The van der Waals surface area contributed by atoms with Crippen molar-refractivity contribution in [3.05, 3.63) is 163 Å². The van der Waals surface area contributed by atoms with Gasteiger partial charge in [-0.25, -0.2) is 9.97 Å². The van der Waals surface area contributed by atoms with Crippen molar-refractivity contribution in [1.29, 1.82) is 0 Å². The molecule has 0 bridgehead atoms. The average Bonchev–Trinajstić information content (AvgIpc) is 3.72. The van der Waals surface area contributed by atoms with E-state index in [0.29, 0.717) is 0 Å². The fraction of sp³-hybridized carbons (Fsp3) is 0.0204. The van der Waals surface area contributed by atoms with Gasteiger partial charge in [0, 0.05) is 36.5 Å². The molecule has 0 amide bonds. The van der Waals surface area contributed by atoms with Gasteiger partial charge < -0.3 is 0 Å². The van der Waals surface area contributed by atoms with E-state index in [4.69, 9.17) is 9.97 Å². The SMILES string of the molecule is Cc1ccc2nc(-n3c4cc5sc6cc7ccccc7cc6c5cc4c4c5ccccc5ccc43)c(-c3ccc4c(ccc5ccccc54)c3)nc2c1. The summed E-state index contributed by atoms with van der Waals surface area (Å²) in [5.74, 6) is 0.836. The predicted molar refractivity (Wildman–Crippen MR) is 227 cm³/mol. The van der Waals surface area contributed by atoms with E-state index in [1.807, 2.05) is 11.3 Å².